The van der Waals surface area contributed by atoms with Gasteiger partial charge in [-0.25, -0.2) is 12.8 Å². The summed E-state index contributed by atoms with van der Waals surface area (Å²) in [5, 5.41) is 2.85. The fourth-order valence-electron chi connectivity index (χ4n) is 4.21. The van der Waals surface area contributed by atoms with Gasteiger partial charge in [0.15, 0.2) is 0 Å². The summed E-state index contributed by atoms with van der Waals surface area (Å²) in [6.07, 6.45) is 0. The number of aryl methyl sites for hydroxylation is 1. The number of sulfonamides is 1. The van der Waals surface area contributed by atoms with Crippen LogP contribution in [-0.4, -0.2) is 44.3 Å². The highest BCUT2D eigenvalue weighted by atomic mass is 32.2. The second-order valence-corrected chi connectivity index (χ2v) is 12.9. The summed E-state index contributed by atoms with van der Waals surface area (Å²) in [4.78, 5) is 28.4. The monoisotopic (exact) mass is 581 g/mol. The van der Waals surface area contributed by atoms with Crippen LogP contribution >= 0.6 is 0 Å². The van der Waals surface area contributed by atoms with Crippen molar-refractivity contribution >= 4 is 27.5 Å². The summed E-state index contributed by atoms with van der Waals surface area (Å²) >= 11 is 0. The number of hydrogen-bond acceptors (Lipinski definition) is 4. The van der Waals surface area contributed by atoms with E-state index < -0.39 is 34.3 Å². The van der Waals surface area contributed by atoms with Gasteiger partial charge < -0.3 is 10.2 Å². The molecule has 3 rings (SSSR count). The predicted octanol–water partition coefficient (Wildman–Crippen LogP) is 5.64. The van der Waals surface area contributed by atoms with Gasteiger partial charge in [0.2, 0.25) is 11.8 Å². The molecule has 220 valence electrons. The molecule has 0 unspecified atom stereocenters. The van der Waals surface area contributed by atoms with E-state index in [1.165, 1.54) is 29.2 Å². The minimum absolute atomic E-state index is 0.0000845. The van der Waals surface area contributed by atoms with Gasteiger partial charge in [0.25, 0.3) is 10.0 Å². The lowest BCUT2D eigenvalue weighted by molar-refractivity contribution is -0.139. The maximum Gasteiger partial charge on any atom is 0.264 e. The van der Waals surface area contributed by atoms with Crippen LogP contribution in [0.15, 0.2) is 77.7 Å². The molecule has 0 saturated heterocycles. The maximum absolute atomic E-state index is 14.0. The molecule has 0 spiro atoms. The molecule has 1 N–H and O–H groups in total. The molecule has 9 heteroatoms. The van der Waals surface area contributed by atoms with Crippen LogP contribution in [0.4, 0.5) is 10.1 Å². The Balaban J connectivity index is 2.02. The number of anilines is 1. The molecule has 0 bridgehead atoms. The smallest absolute Gasteiger partial charge is 0.264 e. The number of carbonyl (C=O) groups excluding carboxylic acids is 2. The molecule has 3 aromatic rings. The second-order valence-electron chi connectivity index (χ2n) is 11.0. The van der Waals surface area contributed by atoms with Crippen LogP contribution in [0.3, 0.4) is 0 Å². The zero-order valence-corrected chi connectivity index (χ0v) is 25.4. The van der Waals surface area contributed by atoms with Crippen molar-refractivity contribution in [1.29, 1.82) is 0 Å². The third kappa shape index (κ3) is 8.39. The molecule has 0 radical (unpaired) electrons. The number of hydrogen-bond donors (Lipinski definition) is 1. The first-order chi connectivity index (χ1) is 19.3. The molecule has 1 atom stereocenters. The Hall–Kier alpha value is -3.72. The summed E-state index contributed by atoms with van der Waals surface area (Å²) in [6.45, 7) is 11.4. The van der Waals surface area contributed by atoms with Gasteiger partial charge in [-0.05, 0) is 73.2 Å². The van der Waals surface area contributed by atoms with Gasteiger partial charge in [-0.15, -0.1) is 0 Å². The zero-order chi connectivity index (χ0) is 30.3. The topological polar surface area (TPSA) is 86.8 Å². The van der Waals surface area contributed by atoms with Crippen molar-refractivity contribution in [2.45, 2.75) is 64.9 Å². The van der Waals surface area contributed by atoms with Gasteiger partial charge in [0, 0.05) is 13.1 Å². The average Bonchev–Trinajstić information content (AvgIpc) is 2.94. The highest BCUT2D eigenvalue weighted by Crippen LogP contribution is 2.27. The van der Waals surface area contributed by atoms with Crippen molar-refractivity contribution in [2.75, 3.05) is 17.4 Å². The maximum atomic E-state index is 14.0. The molecule has 0 aromatic heterocycles. The largest absolute Gasteiger partial charge is 0.354 e. The van der Waals surface area contributed by atoms with E-state index in [2.05, 4.69) is 5.32 Å². The van der Waals surface area contributed by atoms with Crippen molar-refractivity contribution in [2.24, 2.45) is 5.92 Å². The van der Waals surface area contributed by atoms with E-state index in [9.17, 15) is 22.4 Å². The Morgan fingerprint density at radius 2 is 1.44 bits per heavy atom. The molecule has 0 fully saturated rings. The molecule has 0 aliphatic carbocycles. The minimum atomic E-state index is -4.14. The summed E-state index contributed by atoms with van der Waals surface area (Å²) < 4.78 is 42.5. The molecule has 7 nitrogen and oxygen atoms in total. The van der Waals surface area contributed by atoms with Crippen molar-refractivity contribution in [1.82, 2.24) is 10.2 Å². The lowest BCUT2D eigenvalue weighted by atomic mass is 10.0. The van der Waals surface area contributed by atoms with Crippen LogP contribution in [0.5, 0.6) is 0 Å². The highest BCUT2D eigenvalue weighted by molar-refractivity contribution is 7.92. The van der Waals surface area contributed by atoms with Crippen LogP contribution in [-0.2, 0) is 26.2 Å². The first-order valence-corrected chi connectivity index (χ1v) is 15.2. The number of halogens is 1. The number of amides is 2. The van der Waals surface area contributed by atoms with E-state index in [-0.39, 0.29) is 29.2 Å². The first-order valence-electron chi connectivity index (χ1n) is 13.8. The van der Waals surface area contributed by atoms with E-state index in [1.807, 2.05) is 46.8 Å². The van der Waals surface area contributed by atoms with E-state index >= 15 is 0 Å². The standard InChI is InChI=1S/C32H40FN3O4S/c1-22(2)19-34-32(38)25(6)35(20-26-9-13-28(33)14-10-26)31(37)21-36(29-15-11-27(12-16-29)23(3)4)41(39,40)30-17-7-24(5)8-18-30/h7-18,22-23,25H,19-21H2,1-6H3,(H,34,38)/t25-/m1/s1. The molecule has 0 aliphatic rings. The molecule has 3 aromatic carbocycles. The summed E-state index contributed by atoms with van der Waals surface area (Å²) in [6, 6.07) is 18.3. The number of nitrogens with zero attached hydrogens (tertiary/aromatic N) is 2. The van der Waals surface area contributed by atoms with Gasteiger partial charge in [-0.3, -0.25) is 13.9 Å². The lowest BCUT2D eigenvalue weighted by Crippen LogP contribution is -2.51. The van der Waals surface area contributed by atoms with Gasteiger partial charge in [0.1, 0.15) is 18.4 Å². The van der Waals surface area contributed by atoms with Crippen LogP contribution in [0.1, 0.15) is 57.2 Å². The van der Waals surface area contributed by atoms with E-state index in [0.29, 0.717) is 17.8 Å². The Kier molecular flexibility index (Phi) is 10.7. The normalized spacial score (nSPS) is 12.3. The number of benzene rings is 3. The molecular formula is C32H40FN3O4S. The second kappa shape index (κ2) is 13.8. The SMILES string of the molecule is Cc1ccc(S(=O)(=O)N(CC(=O)N(Cc2ccc(F)cc2)[C@H](C)C(=O)NCC(C)C)c2ccc(C(C)C)cc2)cc1. The Labute approximate surface area is 243 Å². The third-order valence-electron chi connectivity index (χ3n) is 6.85. The molecule has 41 heavy (non-hydrogen) atoms. The summed E-state index contributed by atoms with van der Waals surface area (Å²) in [5.41, 5.74) is 2.88. The number of carbonyl (C=O) groups is 2. The van der Waals surface area contributed by atoms with E-state index in [4.69, 9.17) is 0 Å². The van der Waals surface area contributed by atoms with Crippen LogP contribution < -0.4 is 9.62 Å². The Morgan fingerprint density at radius 1 is 0.854 bits per heavy atom. The van der Waals surface area contributed by atoms with Crippen LogP contribution in [0.2, 0.25) is 0 Å². The summed E-state index contributed by atoms with van der Waals surface area (Å²) in [7, 11) is -4.14. The molecule has 0 saturated carbocycles. The van der Waals surface area contributed by atoms with Crippen molar-refractivity contribution in [3.05, 3.63) is 95.3 Å². The Bertz CT molecular complexity index is 1420. The van der Waals surface area contributed by atoms with Crippen LogP contribution in [0.25, 0.3) is 0 Å². The van der Waals surface area contributed by atoms with E-state index in [0.717, 1.165) is 15.4 Å². The summed E-state index contributed by atoms with van der Waals surface area (Å²) in [5.74, 6) is -0.899. The Morgan fingerprint density at radius 3 is 1.98 bits per heavy atom. The van der Waals surface area contributed by atoms with Crippen LogP contribution in [0, 0.1) is 18.7 Å². The minimum Gasteiger partial charge on any atom is -0.354 e. The first kappa shape index (κ1) is 31.8. The van der Waals surface area contributed by atoms with Gasteiger partial charge in [-0.1, -0.05) is 69.7 Å². The number of rotatable bonds is 12. The van der Waals surface area contributed by atoms with Crippen molar-refractivity contribution in [3.63, 3.8) is 0 Å². The fourth-order valence-corrected chi connectivity index (χ4v) is 5.63. The highest BCUT2D eigenvalue weighted by Gasteiger charge is 2.32. The van der Waals surface area contributed by atoms with Crippen molar-refractivity contribution in [3.8, 4) is 0 Å². The molecule has 0 aliphatic heterocycles. The lowest BCUT2D eigenvalue weighted by Gasteiger charge is -2.32. The third-order valence-corrected chi connectivity index (χ3v) is 8.64. The molecule has 2 amide bonds. The van der Waals surface area contributed by atoms with Gasteiger partial charge >= 0.3 is 0 Å². The fraction of sp³-hybridized carbons (Fsp3) is 0.375. The zero-order valence-electron chi connectivity index (χ0n) is 24.6. The molecule has 0 heterocycles. The predicted molar refractivity (Wildman–Crippen MR) is 161 cm³/mol. The van der Waals surface area contributed by atoms with Gasteiger partial charge in [-0.2, -0.15) is 0 Å². The number of nitrogens with one attached hydrogen (secondary N) is 1. The average molecular weight is 582 g/mol. The van der Waals surface area contributed by atoms with Crippen molar-refractivity contribution < 1.29 is 22.4 Å². The van der Waals surface area contributed by atoms with E-state index in [1.54, 1.807) is 43.3 Å². The quantitative estimate of drug-likeness (QED) is 0.300. The molecular weight excluding hydrogens is 541 g/mol. The van der Waals surface area contributed by atoms with Gasteiger partial charge in [0.05, 0.1) is 10.6 Å².